The van der Waals surface area contributed by atoms with E-state index in [1.54, 1.807) is 25.1 Å². The molecule has 0 saturated heterocycles. The monoisotopic (exact) mass is 314 g/mol. The van der Waals surface area contributed by atoms with Gasteiger partial charge in [-0.1, -0.05) is 27.5 Å². The van der Waals surface area contributed by atoms with Gasteiger partial charge in [0.1, 0.15) is 5.82 Å². The Bertz CT molecular complexity index is 595. The number of alkyl halides is 1. The fourth-order valence-electron chi connectivity index (χ4n) is 1.71. The molecule has 0 radical (unpaired) electrons. The minimum atomic E-state index is -0.379. The minimum absolute atomic E-state index is 0.0859. The summed E-state index contributed by atoms with van der Waals surface area (Å²) >= 11 is 9.24. The molecule has 0 N–H and O–H groups in total. The Balaban J connectivity index is 2.76. The first kappa shape index (κ1) is 12.5. The molecule has 1 nitrogen and oxygen atoms in total. The van der Waals surface area contributed by atoms with Gasteiger partial charge in [-0.2, -0.15) is 0 Å². The molecule has 2 aromatic carbocycles. The van der Waals surface area contributed by atoms with Gasteiger partial charge in [0.15, 0.2) is 5.78 Å². The van der Waals surface area contributed by atoms with Gasteiger partial charge in [0.2, 0.25) is 0 Å². The molecule has 0 fully saturated rings. The van der Waals surface area contributed by atoms with Crippen LogP contribution in [0.1, 0.15) is 17.3 Å². The zero-order valence-electron chi connectivity index (χ0n) is 9.01. The van der Waals surface area contributed by atoms with E-state index in [2.05, 4.69) is 15.9 Å². The van der Waals surface area contributed by atoms with Crippen molar-refractivity contribution in [3.8, 4) is 0 Å². The standard InChI is InChI=1S/C13H9BrClFO/c1-7(14)13(17)10-4-5-12(15)9-3-2-8(16)6-11(9)10/h2-7H,1H3. The van der Waals surface area contributed by atoms with Crippen LogP contribution in [-0.2, 0) is 0 Å². The van der Waals surface area contributed by atoms with Gasteiger partial charge < -0.3 is 0 Å². The number of halogens is 3. The molecule has 0 heterocycles. The lowest BCUT2D eigenvalue weighted by Gasteiger charge is -2.08. The summed E-state index contributed by atoms with van der Waals surface area (Å²) in [7, 11) is 0. The number of benzene rings is 2. The highest BCUT2D eigenvalue weighted by molar-refractivity contribution is 9.10. The van der Waals surface area contributed by atoms with E-state index in [1.807, 2.05) is 0 Å². The SMILES string of the molecule is CC(Br)C(=O)c1ccc(Cl)c2ccc(F)cc12. The van der Waals surface area contributed by atoms with Crippen LogP contribution in [0.25, 0.3) is 10.8 Å². The molecule has 17 heavy (non-hydrogen) atoms. The first-order valence-electron chi connectivity index (χ1n) is 5.07. The summed E-state index contributed by atoms with van der Waals surface area (Å²) in [4.78, 5) is 11.7. The molecule has 2 rings (SSSR count). The van der Waals surface area contributed by atoms with Gasteiger partial charge in [-0.15, -0.1) is 0 Å². The van der Waals surface area contributed by atoms with Gasteiger partial charge in [-0.25, -0.2) is 4.39 Å². The first-order valence-corrected chi connectivity index (χ1v) is 6.36. The van der Waals surface area contributed by atoms with Crippen molar-refractivity contribution in [2.75, 3.05) is 0 Å². The normalized spacial score (nSPS) is 12.7. The summed E-state index contributed by atoms with van der Waals surface area (Å²) in [5, 5.41) is 1.75. The van der Waals surface area contributed by atoms with Crippen LogP contribution in [0, 0.1) is 5.82 Å². The molecule has 0 aliphatic carbocycles. The summed E-state index contributed by atoms with van der Waals surface area (Å²) < 4.78 is 13.2. The van der Waals surface area contributed by atoms with Crippen LogP contribution in [0.3, 0.4) is 0 Å². The smallest absolute Gasteiger partial charge is 0.176 e. The van der Waals surface area contributed by atoms with E-state index in [0.29, 0.717) is 21.4 Å². The Morgan fingerprint density at radius 2 is 2.00 bits per heavy atom. The number of Topliss-reactive ketones (excluding diaryl/α,β-unsaturated/α-hetero) is 1. The van der Waals surface area contributed by atoms with E-state index in [0.717, 1.165) is 0 Å². The van der Waals surface area contributed by atoms with Gasteiger partial charge in [-0.3, -0.25) is 4.79 Å². The van der Waals surface area contributed by atoms with Crippen molar-refractivity contribution in [1.29, 1.82) is 0 Å². The van der Waals surface area contributed by atoms with E-state index in [4.69, 9.17) is 11.6 Å². The van der Waals surface area contributed by atoms with Gasteiger partial charge in [-0.05, 0) is 42.6 Å². The van der Waals surface area contributed by atoms with Crippen molar-refractivity contribution < 1.29 is 9.18 Å². The third-order valence-corrected chi connectivity index (χ3v) is 3.30. The maximum atomic E-state index is 13.2. The second kappa shape index (κ2) is 4.75. The quantitative estimate of drug-likeness (QED) is 0.585. The summed E-state index contributed by atoms with van der Waals surface area (Å²) in [6.07, 6.45) is 0. The van der Waals surface area contributed by atoms with Crippen molar-refractivity contribution in [3.05, 3.63) is 46.7 Å². The molecule has 0 bridgehead atoms. The third-order valence-electron chi connectivity index (χ3n) is 2.55. The summed E-state index contributed by atoms with van der Waals surface area (Å²) in [6.45, 7) is 1.74. The van der Waals surface area contributed by atoms with E-state index < -0.39 is 0 Å². The molecule has 0 aliphatic rings. The largest absolute Gasteiger partial charge is 0.293 e. The van der Waals surface area contributed by atoms with Crippen molar-refractivity contribution in [2.24, 2.45) is 0 Å². The molecule has 1 atom stereocenters. The van der Waals surface area contributed by atoms with E-state index in [9.17, 15) is 9.18 Å². The Morgan fingerprint density at radius 1 is 1.29 bits per heavy atom. The number of hydrogen-bond donors (Lipinski definition) is 0. The zero-order valence-corrected chi connectivity index (χ0v) is 11.3. The van der Waals surface area contributed by atoms with E-state index in [-0.39, 0.29) is 16.4 Å². The number of hydrogen-bond acceptors (Lipinski definition) is 1. The third kappa shape index (κ3) is 2.35. The van der Waals surface area contributed by atoms with Crippen LogP contribution in [0.15, 0.2) is 30.3 Å². The van der Waals surface area contributed by atoms with Crippen LogP contribution < -0.4 is 0 Å². The lowest BCUT2D eigenvalue weighted by Crippen LogP contribution is -2.10. The van der Waals surface area contributed by atoms with Crippen LogP contribution in [0.4, 0.5) is 4.39 Å². The summed E-state index contributed by atoms with van der Waals surface area (Å²) in [6, 6.07) is 7.54. The average molecular weight is 316 g/mol. The van der Waals surface area contributed by atoms with Crippen molar-refractivity contribution in [2.45, 2.75) is 11.8 Å². The molecule has 88 valence electrons. The van der Waals surface area contributed by atoms with Gasteiger partial charge >= 0.3 is 0 Å². The van der Waals surface area contributed by atoms with E-state index in [1.165, 1.54) is 12.1 Å². The second-order valence-corrected chi connectivity index (χ2v) is 5.55. The molecule has 0 amide bonds. The first-order chi connectivity index (χ1) is 8.00. The summed E-state index contributed by atoms with van der Waals surface area (Å²) in [5.74, 6) is -0.465. The molecular weight excluding hydrogens is 306 g/mol. The maximum absolute atomic E-state index is 13.2. The number of carbonyl (C=O) groups excluding carboxylic acids is 1. The molecule has 0 saturated carbocycles. The number of carbonyl (C=O) groups is 1. The fourth-order valence-corrected chi connectivity index (χ4v) is 2.19. The van der Waals surface area contributed by atoms with Crippen molar-refractivity contribution in [1.82, 2.24) is 0 Å². The van der Waals surface area contributed by atoms with Crippen molar-refractivity contribution >= 4 is 44.1 Å². The highest BCUT2D eigenvalue weighted by Crippen LogP contribution is 2.28. The van der Waals surface area contributed by atoms with Crippen LogP contribution in [0.2, 0.25) is 5.02 Å². The van der Waals surface area contributed by atoms with Gasteiger partial charge in [0.25, 0.3) is 0 Å². The predicted molar refractivity (Wildman–Crippen MR) is 71.6 cm³/mol. The van der Waals surface area contributed by atoms with E-state index >= 15 is 0 Å². The average Bonchev–Trinajstić information content (AvgIpc) is 2.28. The number of fused-ring (bicyclic) bond motifs is 1. The molecule has 4 heteroatoms. The summed E-state index contributed by atoms with van der Waals surface area (Å²) in [5.41, 5.74) is 0.480. The Labute approximate surface area is 112 Å². The van der Waals surface area contributed by atoms with Crippen LogP contribution in [-0.4, -0.2) is 10.6 Å². The molecule has 0 aromatic heterocycles. The Morgan fingerprint density at radius 3 is 2.65 bits per heavy atom. The topological polar surface area (TPSA) is 17.1 Å². The van der Waals surface area contributed by atoms with Crippen LogP contribution >= 0.6 is 27.5 Å². The minimum Gasteiger partial charge on any atom is -0.293 e. The Hall–Kier alpha value is -0.930. The second-order valence-electron chi connectivity index (χ2n) is 3.77. The molecule has 1 unspecified atom stereocenters. The number of rotatable bonds is 2. The van der Waals surface area contributed by atoms with Crippen LogP contribution in [0.5, 0.6) is 0 Å². The fraction of sp³-hybridized carbons (Fsp3) is 0.154. The van der Waals surface area contributed by atoms with Crippen molar-refractivity contribution in [3.63, 3.8) is 0 Å². The maximum Gasteiger partial charge on any atom is 0.176 e. The highest BCUT2D eigenvalue weighted by Gasteiger charge is 2.16. The highest BCUT2D eigenvalue weighted by atomic mass is 79.9. The molecule has 2 aromatic rings. The molecule has 0 spiro atoms. The lowest BCUT2D eigenvalue weighted by molar-refractivity contribution is 0.0997. The zero-order chi connectivity index (χ0) is 12.6. The molecular formula is C13H9BrClFO. The van der Waals surface area contributed by atoms with Gasteiger partial charge in [0.05, 0.1) is 4.83 Å². The lowest BCUT2D eigenvalue weighted by atomic mass is 10.00. The number of ketones is 1. The predicted octanol–water partition coefficient (Wildman–Crippen LogP) is 4.60. The Kier molecular flexibility index (Phi) is 3.50. The molecule has 0 aliphatic heterocycles. The van der Waals surface area contributed by atoms with Gasteiger partial charge in [0, 0.05) is 16.0 Å².